The Morgan fingerprint density at radius 3 is 3.16 bits per heavy atom. The highest BCUT2D eigenvalue weighted by Gasteiger charge is 2.30. The Labute approximate surface area is 116 Å². The topological polar surface area (TPSA) is 59.8 Å². The van der Waals surface area contributed by atoms with Gasteiger partial charge in [0.25, 0.3) is 5.91 Å². The van der Waals surface area contributed by atoms with E-state index in [1.54, 1.807) is 6.20 Å². The van der Waals surface area contributed by atoms with Crippen molar-refractivity contribution in [1.82, 2.24) is 19.9 Å². The summed E-state index contributed by atoms with van der Waals surface area (Å²) < 4.78 is 2.01. The third kappa shape index (κ3) is 1.89. The number of rotatable bonds is 2. The van der Waals surface area contributed by atoms with Gasteiger partial charge in [0.2, 0.25) is 5.28 Å². The minimum Gasteiger partial charge on any atom is -0.349 e. The van der Waals surface area contributed by atoms with Crippen molar-refractivity contribution in [2.45, 2.75) is 26.3 Å². The Bertz CT molecular complexity index is 651. The van der Waals surface area contributed by atoms with Crippen molar-refractivity contribution in [3.63, 3.8) is 0 Å². The molecule has 0 aliphatic carbocycles. The van der Waals surface area contributed by atoms with E-state index in [-0.39, 0.29) is 17.2 Å². The number of carbonyl (C=O) groups excluding carboxylic acids is 1. The second-order valence-electron chi connectivity index (χ2n) is 4.98. The number of amides is 1. The van der Waals surface area contributed by atoms with Gasteiger partial charge in [-0.15, -0.1) is 0 Å². The van der Waals surface area contributed by atoms with Crippen LogP contribution in [-0.4, -0.2) is 27.0 Å². The molecule has 1 N–H and O–H groups in total. The molecule has 19 heavy (non-hydrogen) atoms. The van der Waals surface area contributed by atoms with E-state index in [4.69, 9.17) is 11.6 Å². The van der Waals surface area contributed by atoms with Gasteiger partial charge in [-0.2, -0.15) is 4.98 Å². The Morgan fingerprint density at radius 1 is 1.63 bits per heavy atom. The van der Waals surface area contributed by atoms with Gasteiger partial charge in [-0.25, -0.2) is 4.98 Å². The van der Waals surface area contributed by atoms with E-state index < -0.39 is 0 Å². The zero-order valence-corrected chi connectivity index (χ0v) is 11.6. The van der Waals surface area contributed by atoms with Crippen LogP contribution in [0.4, 0.5) is 0 Å². The maximum absolute atomic E-state index is 12.0. The second-order valence-corrected chi connectivity index (χ2v) is 5.32. The van der Waals surface area contributed by atoms with Crippen LogP contribution in [-0.2, 0) is 0 Å². The molecule has 6 heteroatoms. The van der Waals surface area contributed by atoms with E-state index in [0.717, 1.165) is 17.5 Å². The highest BCUT2D eigenvalue weighted by molar-refractivity contribution is 6.28. The number of carbonyl (C=O) groups is 1. The van der Waals surface area contributed by atoms with Crippen molar-refractivity contribution in [2.24, 2.45) is 5.92 Å². The minimum absolute atomic E-state index is 0.0614. The van der Waals surface area contributed by atoms with E-state index >= 15 is 0 Å². The van der Waals surface area contributed by atoms with Crippen LogP contribution in [0.15, 0.2) is 12.3 Å². The van der Waals surface area contributed by atoms with E-state index in [1.165, 1.54) is 0 Å². The normalized spacial score (nSPS) is 20.2. The molecule has 0 saturated carbocycles. The van der Waals surface area contributed by atoms with E-state index in [0.29, 0.717) is 18.2 Å². The minimum atomic E-state index is -0.0614. The summed E-state index contributed by atoms with van der Waals surface area (Å²) in [6.07, 6.45) is 2.70. The molecule has 0 saturated heterocycles. The fourth-order valence-electron chi connectivity index (χ4n) is 2.60. The van der Waals surface area contributed by atoms with Crippen molar-refractivity contribution in [3.8, 4) is 0 Å². The first-order valence-corrected chi connectivity index (χ1v) is 6.81. The van der Waals surface area contributed by atoms with Crippen molar-refractivity contribution in [1.29, 1.82) is 0 Å². The summed E-state index contributed by atoms with van der Waals surface area (Å²) in [6.45, 7) is 4.96. The maximum Gasteiger partial charge on any atom is 0.268 e. The molecule has 3 heterocycles. The molecule has 1 amide bonds. The lowest BCUT2D eigenvalue weighted by Crippen LogP contribution is -2.41. The van der Waals surface area contributed by atoms with Gasteiger partial charge < -0.3 is 9.88 Å². The second kappa shape index (κ2) is 4.49. The molecule has 100 valence electrons. The molecular formula is C13H15ClN4O. The molecular weight excluding hydrogens is 264 g/mol. The van der Waals surface area contributed by atoms with Crippen LogP contribution in [0.1, 0.15) is 36.8 Å². The Hall–Kier alpha value is -1.62. The standard InChI is InChI=1S/C13H15ClN4O/c1-3-7(2)10-6-15-12(19)9-4-8-5-16-13(14)17-11(8)18(9)10/h4-5,7,10H,3,6H2,1-2H3,(H,15,19)/t7?,10-/m1/s1. The number of nitrogens with zero attached hydrogens (tertiary/aromatic N) is 3. The molecule has 1 aliphatic heterocycles. The highest BCUT2D eigenvalue weighted by atomic mass is 35.5. The molecule has 2 atom stereocenters. The first kappa shape index (κ1) is 12.4. The molecule has 0 bridgehead atoms. The summed E-state index contributed by atoms with van der Waals surface area (Å²) in [6, 6.07) is 2.04. The summed E-state index contributed by atoms with van der Waals surface area (Å²) in [7, 11) is 0. The summed E-state index contributed by atoms with van der Waals surface area (Å²) in [5, 5.41) is 4.00. The Kier molecular flexibility index (Phi) is 2.93. The summed E-state index contributed by atoms with van der Waals surface area (Å²) in [5.74, 6) is 0.386. The van der Waals surface area contributed by atoms with E-state index in [1.807, 2.05) is 10.6 Å². The molecule has 0 spiro atoms. The van der Waals surface area contributed by atoms with Gasteiger partial charge in [0.05, 0.1) is 6.04 Å². The van der Waals surface area contributed by atoms with Gasteiger partial charge in [0.15, 0.2) is 0 Å². The number of aromatic nitrogens is 3. The molecule has 1 unspecified atom stereocenters. The fraction of sp³-hybridized carbons (Fsp3) is 0.462. The zero-order valence-electron chi connectivity index (χ0n) is 10.9. The molecule has 5 nitrogen and oxygen atoms in total. The van der Waals surface area contributed by atoms with Gasteiger partial charge in [0.1, 0.15) is 11.3 Å². The molecule has 0 aromatic carbocycles. The first-order chi connectivity index (χ1) is 9.11. The van der Waals surface area contributed by atoms with Crippen LogP contribution in [0.5, 0.6) is 0 Å². The molecule has 0 radical (unpaired) electrons. The zero-order chi connectivity index (χ0) is 13.6. The lowest BCUT2D eigenvalue weighted by Gasteiger charge is -2.31. The Morgan fingerprint density at radius 2 is 2.42 bits per heavy atom. The van der Waals surface area contributed by atoms with Gasteiger partial charge in [0, 0.05) is 18.1 Å². The molecule has 2 aromatic rings. The number of nitrogens with one attached hydrogen (secondary N) is 1. The number of hydrogen-bond acceptors (Lipinski definition) is 3. The molecule has 0 fully saturated rings. The fourth-order valence-corrected chi connectivity index (χ4v) is 2.73. The van der Waals surface area contributed by atoms with Crippen LogP contribution < -0.4 is 5.32 Å². The predicted molar refractivity (Wildman–Crippen MR) is 73.4 cm³/mol. The van der Waals surface area contributed by atoms with E-state index in [2.05, 4.69) is 29.1 Å². The first-order valence-electron chi connectivity index (χ1n) is 6.43. The van der Waals surface area contributed by atoms with Crippen molar-refractivity contribution >= 4 is 28.5 Å². The van der Waals surface area contributed by atoms with Gasteiger partial charge in [-0.3, -0.25) is 4.79 Å². The van der Waals surface area contributed by atoms with Crippen molar-refractivity contribution < 1.29 is 4.79 Å². The summed E-state index contributed by atoms with van der Waals surface area (Å²) in [5.41, 5.74) is 1.39. The SMILES string of the molecule is CCC(C)[C@H]1CNC(=O)c2cc3cnc(Cl)nc3n21. The molecule has 3 rings (SSSR count). The van der Waals surface area contributed by atoms with E-state index in [9.17, 15) is 4.79 Å². The largest absolute Gasteiger partial charge is 0.349 e. The predicted octanol–water partition coefficient (Wildman–Crippen LogP) is 2.42. The highest BCUT2D eigenvalue weighted by Crippen LogP contribution is 2.31. The third-order valence-corrected chi connectivity index (χ3v) is 4.07. The average Bonchev–Trinajstić information content (AvgIpc) is 2.78. The van der Waals surface area contributed by atoms with Crippen LogP contribution in [0.2, 0.25) is 5.28 Å². The molecule has 2 aromatic heterocycles. The van der Waals surface area contributed by atoms with Crippen LogP contribution in [0.3, 0.4) is 0 Å². The van der Waals surface area contributed by atoms with Crippen LogP contribution in [0, 0.1) is 5.92 Å². The maximum atomic E-state index is 12.0. The number of fused-ring (bicyclic) bond motifs is 3. The van der Waals surface area contributed by atoms with Crippen molar-refractivity contribution in [2.75, 3.05) is 6.54 Å². The van der Waals surface area contributed by atoms with Crippen LogP contribution >= 0.6 is 11.6 Å². The quantitative estimate of drug-likeness (QED) is 0.858. The number of hydrogen-bond donors (Lipinski definition) is 1. The monoisotopic (exact) mass is 278 g/mol. The lowest BCUT2D eigenvalue weighted by atomic mass is 9.97. The summed E-state index contributed by atoms with van der Waals surface area (Å²) in [4.78, 5) is 20.2. The Balaban J connectivity index is 2.25. The van der Waals surface area contributed by atoms with Crippen molar-refractivity contribution in [3.05, 3.63) is 23.2 Å². The van der Waals surface area contributed by atoms with Gasteiger partial charge >= 0.3 is 0 Å². The summed E-state index contributed by atoms with van der Waals surface area (Å²) >= 11 is 5.88. The van der Waals surface area contributed by atoms with Gasteiger partial charge in [-0.1, -0.05) is 20.3 Å². The van der Waals surface area contributed by atoms with Crippen LogP contribution in [0.25, 0.3) is 11.0 Å². The third-order valence-electron chi connectivity index (χ3n) is 3.88. The smallest absolute Gasteiger partial charge is 0.268 e. The molecule has 1 aliphatic rings. The van der Waals surface area contributed by atoms with Gasteiger partial charge in [-0.05, 0) is 23.6 Å². The lowest BCUT2D eigenvalue weighted by molar-refractivity contribution is 0.0904. The number of halogens is 1. The average molecular weight is 279 g/mol.